The second kappa shape index (κ2) is 4.87. The zero-order valence-electron chi connectivity index (χ0n) is 11.7. The van der Waals surface area contributed by atoms with Gasteiger partial charge < -0.3 is 15.4 Å². The first-order valence-corrected chi connectivity index (χ1v) is 7.12. The van der Waals surface area contributed by atoms with Gasteiger partial charge in [0.05, 0.1) is 5.69 Å². The first-order chi connectivity index (χ1) is 10.7. The minimum absolute atomic E-state index is 0.0193. The van der Waals surface area contributed by atoms with Gasteiger partial charge >= 0.3 is 0 Å². The van der Waals surface area contributed by atoms with Gasteiger partial charge in [0, 0.05) is 23.4 Å². The molecule has 0 atom stereocenters. The van der Waals surface area contributed by atoms with E-state index in [-0.39, 0.29) is 18.4 Å². The molecule has 1 aromatic carbocycles. The molecule has 2 aliphatic rings. The lowest BCUT2D eigenvalue weighted by Crippen LogP contribution is -2.25. The summed E-state index contributed by atoms with van der Waals surface area (Å²) in [6, 6.07) is 6.88. The van der Waals surface area contributed by atoms with E-state index in [1.54, 1.807) is 24.3 Å². The highest BCUT2D eigenvalue weighted by Gasteiger charge is 2.26. The summed E-state index contributed by atoms with van der Waals surface area (Å²) in [6.45, 7) is -0.0193. The summed E-state index contributed by atoms with van der Waals surface area (Å²) in [5.41, 5.74) is 2.58. The van der Waals surface area contributed by atoms with Crippen molar-refractivity contribution in [2.24, 2.45) is 0 Å². The molecule has 2 amide bonds. The first kappa shape index (κ1) is 12.9. The van der Waals surface area contributed by atoms with E-state index in [9.17, 15) is 9.59 Å². The van der Waals surface area contributed by atoms with Crippen molar-refractivity contribution < 1.29 is 14.3 Å². The van der Waals surface area contributed by atoms with Crippen molar-refractivity contribution in [3.05, 3.63) is 35.7 Å². The van der Waals surface area contributed by atoms with Crippen LogP contribution in [0.5, 0.6) is 5.75 Å². The van der Waals surface area contributed by atoms with Gasteiger partial charge in [-0.1, -0.05) is 0 Å². The topological polar surface area (TPSA) is 96.1 Å². The van der Waals surface area contributed by atoms with Crippen LogP contribution in [0.4, 0.5) is 11.4 Å². The van der Waals surface area contributed by atoms with E-state index in [2.05, 4.69) is 20.8 Å². The molecule has 2 heterocycles. The van der Waals surface area contributed by atoms with Gasteiger partial charge in [0.2, 0.25) is 0 Å². The van der Waals surface area contributed by atoms with Gasteiger partial charge in [-0.25, -0.2) is 0 Å². The van der Waals surface area contributed by atoms with Crippen LogP contribution in [0.25, 0.3) is 0 Å². The summed E-state index contributed by atoms with van der Waals surface area (Å²) in [4.78, 5) is 23.4. The molecule has 7 heteroatoms. The maximum atomic E-state index is 12.2. The summed E-state index contributed by atoms with van der Waals surface area (Å²) in [7, 11) is 0. The average molecular weight is 298 g/mol. The van der Waals surface area contributed by atoms with Gasteiger partial charge in [0.15, 0.2) is 12.3 Å². The van der Waals surface area contributed by atoms with Gasteiger partial charge in [-0.05, 0) is 31.0 Å². The van der Waals surface area contributed by atoms with E-state index in [1.807, 2.05) is 0 Å². The number of aromatic nitrogens is 2. The molecule has 0 spiro atoms. The molecule has 0 saturated heterocycles. The molecule has 7 nitrogen and oxygen atoms in total. The summed E-state index contributed by atoms with van der Waals surface area (Å²) < 4.78 is 5.32. The van der Waals surface area contributed by atoms with E-state index in [0.29, 0.717) is 28.7 Å². The normalized spacial score (nSPS) is 16.5. The standard InChI is InChI=1S/C15H14N4O3/c20-14-7-22-13-5-9(3-4-10(13)17-14)16-15(21)12-6-11(18-19-12)8-1-2-8/h3-6,8H,1-2,7H2,(H,16,21)(H,17,20)(H,18,19). The second-order valence-corrected chi connectivity index (χ2v) is 5.48. The third-order valence-electron chi connectivity index (χ3n) is 3.72. The smallest absolute Gasteiger partial charge is 0.276 e. The number of benzene rings is 1. The van der Waals surface area contributed by atoms with Gasteiger partial charge in [0.1, 0.15) is 5.75 Å². The number of ether oxygens (including phenoxy) is 1. The Hall–Kier alpha value is -2.83. The Morgan fingerprint density at radius 2 is 2.18 bits per heavy atom. The van der Waals surface area contributed by atoms with Crippen molar-refractivity contribution in [2.75, 3.05) is 17.2 Å². The zero-order chi connectivity index (χ0) is 15.1. The van der Waals surface area contributed by atoms with E-state index < -0.39 is 0 Å². The SMILES string of the molecule is O=C1COc2cc(NC(=O)c3cc(C4CC4)[nH]n3)ccc2N1. The third kappa shape index (κ3) is 2.41. The number of carbonyl (C=O) groups is 2. The van der Waals surface area contributed by atoms with Gasteiger partial charge in [-0.2, -0.15) is 5.10 Å². The highest BCUT2D eigenvalue weighted by Crippen LogP contribution is 2.39. The van der Waals surface area contributed by atoms with E-state index in [4.69, 9.17) is 4.74 Å². The van der Waals surface area contributed by atoms with Crippen LogP contribution < -0.4 is 15.4 Å². The fraction of sp³-hybridized carbons (Fsp3) is 0.267. The van der Waals surface area contributed by atoms with E-state index in [0.717, 1.165) is 18.5 Å². The Labute approximate surface area is 126 Å². The number of H-pyrrole nitrogens is 1. The van der Waals surface area contributed by atoms with Crippen LogP contribution in [0.2, 0.25) is 0 Å². The molecule has 0 unspecified atom stereocenters. The Morgan fingerprint density at radius 3 is 3.00 bits per heavy atom. The number of nitrogens with one attached hydrogen (secondary N) is 3. The van der Waals surface area contributed by atoms with Crippen molar-refractivity contribution in [1.82, 2.24) is 10.2 Å². The second-order valence-electron chi connectivity index (χ2n) is 5.48. The van der Waals surface area contributed by atoms with Crippen molar-refractivity contribution in [2.45, 2.75) is 18.8 Å². The summed E-state index contributed by atoms with van der Waals surface area (Å²) >= 11 is 0. The number of carbonyl (C=O) groups excluding carboxylic acids is 2. The lowest BCUT2D eigenvalue weighted by atomic mass is 10.2. The largest absolute Gasteiger partial charge is 0.482 e. The fourth-order valence-corrected chi connectivity index (χ4v) is 2.40. The molecule has 1 saturated carbocycles. The molecule has 2 aromatic rings. The Balaban J connectivity index is 1.50. The van der Waals surface area contributed by atoms with E-state index in [1.165, 1.54) is 0 Å². The Kier molecular flexibility index (Phi) is 2.85. The summed E-state index contributed by atoms with van der Waals surface area (Å²) in [5, 5.41) is 12.4. The average Bonchev–Trinajstić information content (AvgIpc) is 3.24. The van der Waals surface area contributed by atoms with Crippen LogP contribution in [0, 0.1) is 0 Å². The number of anilines is 2. The molecule has 1 aliphatic heterocycles. The maximum absolute atomic E-state index is 12.2. The number of nitrogens with zero attached hydrogens (tertiary/aromatic N) is 1. The summed E-state index contributed by atoms with van der Waals surface area (Å²) in [5.74, 6) is 0.601. The number of hydrogen-bond acceptors (Lipinski definition) is 4. The zero-order valence-corrected chi connectivity index (χ0v) is 11.7. The number of amides is 2. The number of aromatic amines is 1. The molecule has 1 aliphatic carbocycles. The van der Waals surface area contributed by atoms with Gasteiger partial charge in [-0.3, -0.25) is 14.7 Å². The molecule has 22 heavy (non-hydrogen) atoms. The van der Waals surface area contributed by atoms with Crippen LogP contribution in [-0.4, -0.2) is 28.6 Å². The van der Waals surface area contributed by atoms with Crippen LogP contribution >= 0.6 is 0 Å². The molecule has 4 rings (SSSR count). The Bertz CT molecular complexity index is 764. The highest BCUT2D eigenvalue weighted by molar-refractivity contribution is 6.03. The molecule has 1 aromatic heterocycles. The van der Waals surface area contributed by atoms with Crippen LogP contribution in [-0.2, 0) is 4.79 Å². The molecule has 3 N–H and O–H groups in total. The van der Waals surface area contributed by atoms with Gasteiger partial charge in [0.25, 0.3) is 11.8 Å². The maximum Gasteiger partial charge on any atom is 0.276 e. The number of hydrogen-bond donors (Lipinski definition) is 3. The quantitative estimate of drug-likeness (QED) is 0.806. The van der Waals surface area contributed by atoms with Crippen molar-refractivity contribution >= 4 is 23.2 Å². The highest BCUT2D eigenvalue weighted by atomic mass is 16.5. The predicted octanol–water partition coefficient (Wildman–Crippen LogP) is 1.87. The minimum Gasteiger partial charge on any atom is -0.482 e. The van der Waals surface area contributed by atoms with Crippen molar-refractivity contribution in [3.8, 4) is 5.75 Å². The fourth-order valence-electron chi connectivity index (χ4n) is 2.40. The molecule has 0 bridgehead atoms. The lowest BCUT2D eigenvalue weighted by Gasteiger charge is -2.18. The van der Waals surface area contributed by atoms with Crippen LogP contribution in [0.1, 0.15) is 34.9 Å². The molecule has 0 radical (unpaired) electrons. The Morgan fingerprint density at radius 1 is 1.32 bits per heavy atom. The van der Waals surface area contributed by atoms with Crippen LogP contribution in [0.15, 0.2) is 24.3 Å². The lowest BCUT2D eigenvalue weighted by molar-refractivity contribution is -0.118. The van der Waals surface area contributed by atoms with Crippen molar-refractivity contribution in [3.63, 3.8) is 0 Å². The molecule has 112 valence electrons. The summed E-state index contributed by atoms with van der Waals surface area (Å²) in [6.07, 6.45) is 2.30. The van der Waals surface area contributed by atoms with Crippen molar-refractivity contribution in [1.29, 1.82) is 0 Å². The minimum atomic E-state index is -0.275. The van der Waals surface area contributed by atoms with E-state index >= 15 is 0 Å². The number of rotatable bonds is 3. The monoisotopic (exact) mass is 298 g/mol. The predicted molar refractivity (Wildman–Crippen MR) is 79.1 cm³/mol. The van der Waals surface area contributed by atoms with Crippen LogP contribution in [0.3, 0.4) is 0 Å². The molecular formula is C15H14N4O3. The molecule has 1 fully saturated rings. The molecular weight excluding hydrogens is 284 g/mol. The first-order valence-electron chi connectivity index (χ1n) is 7.12. The third-order valence-corrected chi connectivity index (χ3v) is 3.72. The number of fused-ring (bicyclic) bond motifs is 1. The van der Waals surface area contributed by atoms with Gasteiger partial charge in [-0.15, -0.1) is 0 Å².